The van der Waals surface area contributed by atoms with Gasteiger partial charge in [0.15, 0.2) is 0 Å². The van der Waals surface area contributed by atoms with Crippen LogP contribution in [-0.2, 0) is 10.3 Å². The van der Waals surface area contributed by atoms with E-state index >= 15 is 0 Å². The van der Waals surface area contributed by atoms with E-state index in [0.29, 0.717) is 12.4 Å². The number of rotatable bonds is 7. The van der Waals surface area contributed by atoms with E-state index in [9.17, 15) is 0 Å². The van der Waals surface area contributed by atoms with Crippen LogP contribution in [0.1, 0.15) is 51.4 Å². The molecule has 6 nitrogen and oxygen atoms in total. The number of hydrogen-bond donors (Lipinski definition) is 2. The normalized spacial score (nSPS) is 13.9. The Morgan fingerprint density at radius 2 is 2.06 bits per heavy atom. The standard InChI is InChI=1S/C11H21N3O3/c1-4-11(5-2,16-6-3)10-13-9(17-14-10)8(12)7-15/h8,15H,4-7,12H2,1-3H3/t8-/m1/s1. The largest absolute Gasteiger partial charge is 0.394 e. The first kappa shape index (κ1) is 14.1. The maximum absolute atomic E-state index is 8.93. The van der Waals surface area contributed by atoms with Crippen LogP contribution < -0.4 is 5.73 Å². The number of aromatic nitrogens is 2. The van der Waals surface area contributed by atoms with Crippen molar-refractivity contribution in [2.75, 3.05) is 13.2 Å². The highest BCUT2D eigenvalue weighted by Crippen LogP contribution is 2.31. The summed E-state index contributed by atoms with van der Waals surface area (Å²) in [5.41, 5.74) is 5.10. The molecule has 1 rings (SSSR count). The van der Waals surface area contributed by atoms with E-state index in [0.717, 1.165) is 12.8 Å². The number of aliphatic hydroxyl groups is 1. The van der Waals surface area contributed by atoms with Gasteiger partial charge in [0.2, 0.25) is 11.7 Å². The van der Waals surface area contributed by atoms with Gasteiger partial charge in [0.25, 0.3) is 0 Å². The van der Waals surface area contributed by atoms with E-state index in [1.54, 1.807) is 0 Å². The number of nitrogens with two attached hydrogens (primary N) is 1. The summed E-state index contributed by atoms with van der Waals surface area (Å²) in [5, 5.41) is 12.8. The van der Waals surface area contributed by atoms with Gasteiger partial charge in [-0.05, 0) is 19.8 Å². The van der Waals surface area contributed by atoms with Crippen molar-refractivity contribution in [3.05, 3.63) is 11.7 Å². The van der Waals surface area contributed by atoms with E-state index < -0.39 is 11.6 Å². The fraction of sp³-hybridized carbons (Fsp3) is 0.818. The Kier molecular flexibility index (Phi) is 5.04. The third-order valence-electron chi connectivity index (χ3n) is 2.93. The Morgan fingerprint density at radius 3 is 2.53 bits per heavy atom. The molecule has 0 saturated carbocycles. The summed E-state index contributed by atoms with van der Waals surface area (Å²) in [5.74, 6) is 0.747. The van der Waals surface area contributed by atoms with Crippen molar-refractivity contribution in [3.8, 4) is 0 Å². The average Bonchev–Trinajstić information content (AvgIpc) is 2.85. The van der Waals surface area contributed by atoms with Gasteiger partial charge in [0.1, 0.15) is 11.6 Å². The molecule has 0 aliphatic heterocycles. The summed E-state index contributed by atoms with van der Waals surface area (Å²) >= 11 is 0. The minimum Gasteiger partial charge on any atom is -0.394 e. The second kappa shape index (κ2) is 6.09. The molecule has 0 spiro atoms. The van der Waals surface area contributed by atoms with Crippen molar-refractivity contribution >= 4 is 0 Å². The van der Waals surface area contributed by atoms with Crippen LogP contribution in [0, 0.1) is 0 Å². The highest BCUT2D eigenvalue weighted by atomic mass is 16.5. The Bertz CT molecular complexity index is 336. The molecule has 1 heterocycles. The zero-order valence-corrected chi connectivity index (χ0v) is 10.6. The van der Waals surface area contributed by atoms with E-state index in [1.807, 2.05) is 20.8 Å². The Balaban J connectivity index is 2.99. The molecule has 1 atom stereocenters. The predicted octanol–water partition coefficient (Wildman–Crippen LogP) is 1.11. The molecule has 3 N–H and O–H groups in total. The Labute approximate surface area is 101 Å². The van der Waals surface area contributed by atoms with Crippen molar-refractivity contribution in [2.24, 2.45) is 5.73 Å². The molecular formula is C11H21N3O3. The molecular weight excluding hydrogens is 222 g/mol. The van der Waals surface area contributed by atoms with Crippen LogP contribution in [0.25, 0.3) is 0 Å². The second-order valence-corrected chi connectivity index (χ2v) is 3.88. The van der Waals surface area contributed by atoms with Crippen LogP contribution >= 0.6 is 0 Å². The first-order valence-corrected chi connectivity index (χ1v) is 5.98. The quantitative estimate of drug-likeness (QED) is 0.745. The first-order valence-electron chi connectivity index (χ1n) is 5.98. The third-order valence-corrected chi connectivity index (χ3v) is 2.93. The molecule has 0 saturated heterocycles. The number of nitrogens with zero attached hydrogens (tertiary/aromatic N) is 2. The van der Waals surface area contributed by atoms with Gasteiger partial charge >= 0.3 is 0 Å². The van der Waals surface area contributed by atoms with Gasteiger partial charge in [-0.15, -0.1) is 0 Å². The van der Waals surface area contributed by atoms with Crippen molar-refractivity contribution in [1.82, 2.24) is 10.1 Å². The first-order chi connectivity index (χ1) is 8.13. The molecule has 0 aromatic carbocycles. The molecule has 6 heteroatoms. The summed E-state index contributed by atoms with van der Waals surface area (Å²) in [6.45, 7) is 6.32. The monoisotopic (exact) mass is 243 g/mol. The molecule has 1 aromatic heterocycles. The smallest absolute Gasteiger partial charge is 0.246 e. The summed E-state index contributed by atoms with van der Waals surface area (Å²) in [6.07, 6.45) is 1.51. The second-order valence-electron chi connectivity index (χ2n) is 3.88. The van der Waals surface area contributed by atoms with Gasteiger partial charge in [0, 0.05) is 6.61 Å². The molecule has 1 aromatic rings. The molecule has 17 heavy (non-hydrogen) atoms. The summed E-state index contributed by atoms with van der Waals surface area (Å²) < 4.78 is 10.8. The zero-order chi connectivity index (χ0) is 12.9. The lowest BCUT2D eigenvalue weighted by atomic mass is 9.96. The van der Waals surface area contributed by atoms with Crippen LogP contribution in [0.4, 0.5) is 0 Å². The van der Waals surface area contributed by atoms with Gasteiger partial charge in [-0.1, -0.05) is 19.0 Å². The van der Waals surface area contributed by atoms with Crippen molar-refractivity contribution in [1.29, 1.82) is 0 Å². The molecule has 0 amide bonds. The van der Waals surface area contributed by atoms with E-state index in [1.165, 1.54) is 0 Å². The van der Waals surface area contributed by atoms with Gasteiger partial charge in [0.05, 0.1) is 6.61 Å². The van der Waals surface area contributed by atoms with Crippen LogP contribution in [0.15, 0.2) is 4.52 Å². The van der Waals surface area contributed by atoms with Gasteiger partial charge in [-0.3, -0.25) is 0 Å². The zero-order valence-electron chi connectivity index (χ0n) is 10.6. The lowest BCUT2D eigenvalue weighted by molar-refractivity contribution is -0.0583. The minimum absolute atomic E-state index is 0.221. The highest BCUT2D eigenvalue weighted by molar-refractivity contribution is 5.02. The van der Waals surface area contributed by atoms with Crippen molar-refractivity contribution in [2.45, 2.75) is 45.3 Å². The van der Waals surface area contributed by atoms with Crippen LogP contribution in [0.2, 0.25) is 0 Å². The fourth-order valence-electron chi connectivity index (χ4n) is 1.76. The van der Waals surface area contributed by atoms with Crippen molar-refractivity contribution < 1.29 is 14.4 Å². The topological polar surface area (TPSA) is 94.4 Å². The Hall–Kier alpha value is -0.980. The Morgan fingerprint density at radius 1 is 1.41 bits per heavy atom. The highest BCUT2D eigenvalue weighted by Gasteiger charge is 2.35. The minimum atomic E-state index is -0.635. The molecule has 98 valence electrons. The molecule has 0 aliphatic carbocycles. The average molecular weight is 243 g/mol. The molecule has 0 aliphatic rings. The third kappa shape index (κ3) is 2.83. The van der Waals surface area contributed by atoms with Crippen LogP contribution in [0.5, 0.6) is 0 Å². The van der Waals surface area contributed by atoms with Gasteiger partial charge in [-0.25, -0.2) is 0 Å². The fourth-order valence-corrected chi connectivity index (χ4v) is 1.76. The molecule has 0 radical (unpaired) electrons. The van der Waals surface area contributed by atoms with Crippen LogP contribution in [0.3, 0.4) is 0 Å². The number of hydrogen-bond acceptors (Lipinski definition) is 6. The SMILES string of the molecule is CCOC(CC)(CC)c1noc([C@H](N)CO)n1. The van der Waals surface area contributed by atoms with E-state index in [-0.39, 0.29) is 12.5 Å². The lowest BCUT2D eigenvalue weighted by Crippen LogP contribution is -2.30. The number of ether oxygens (including phenoxy) is 1. The van der Waals surface area contributed by atoms with Crippen LogP contribution in [-0.4, -0.2) is 28.5 Å². The number of aliphatic hydroxyl groups excluding tert-OH is 1. The van der Waals surface area contributed by atoms with Gasteiger partial charge < -0.3 is 20.1 Å². The maximum Gasteiger partial charge on any atom is 0.246 e. The van der Waals surface area contributed by atoms with Crippen molar-refractivity contribution in [3.63, 3.8) is 0 Å². The summed E-state index contributed by atoms with van der Waals surface area (Å²) in [7, 11) is 0. The summed E-state index contributed by atoms with van der Waals surface area (Å²) in [4.78, 5) is 4.23. The van der Waals surface area contributed by atoms with E-state index in [4.69, 9.17) is 20.1 Å². The predicted molar refractivity (Wildman–Crippen MR) is 62.2 cm³/mol. The van der Waals surface area contributed by atoms with E-state index in [2.05, 4.69) is 10.1 Å². The lowest BCUT2D eigenvalue weighted by Gasteiger charge is -2.27. The maximum atomic E-state index is 8.93. The van der Waals surface area contributed by atoms with Gasteiger partial charge in [-0.2, -0.15) is 4.98 Å². The molecule has 0 unspecified atom stereocenters. The summed E-state index contributed by atoms with van der Waals surface area (Å²) in [6, 6.07) is -0.635. The molecule has 0 bridgehead atoms. The molecule has 0 fully saturated rings.